The van der Waals surface area contributed by atoms with E-state index in [0.29, 0.717) is 11.3 Å². The number of rotatable bonds is 4. The average molecular weight is 286 g/mol. The molecule has 1 rings (SSSR count). The Morgan fingerprint density at radius 3 is 2.37 bits per heavy atom. The third-order valence-corrected chi connectivity index (χ3v) is 3.42. The smallest absolute Gasteiger partial charge is 0.326 e. The molecule has 0 radical (unpaired) electrons. The van der Waals surface area contributed by atoms with Gasteiger partial charge in [-0.1, -0.05) is 32.1 Å². The fourth-order valence-electron chi connectivity index (χ4n) is 1.40. The van der Waals surface area contributed by atoms with Crippen molar-refractivity contribution >= 4 is 28.2 Å². The molecule has 1 unspecified atom stereocenters. The minimum atomic E-state index is -1.15. The third-order valence-electron chi connectivity index (χ3n) is 2.38. The van der Waals surface area contributed by atoms with Crippen molar-refractivity contribution in [3.05, 3.63) is 27.1 Å². The molecule has 0 bridgehead atoms. The number of carboxylic acids is 1. The lowest BCUT2D eigenvalue weighted by atomic mass is 9.87. The van der Waals surface area contributed by atoms with E-state index >= 15 is 0 Å². The van der Waals surface area contributed by atoms with E-state index in [0.717, 1.165) is 0 Å². The molecule has 0 saturated heterocycles. The lowest BCUT2D eigenvalue weighted by Crippen LogP contribution is -2.48. The molecule has 2 N–H and O–H groups in total. The number of nitrogens with one attached hydrogen (secondary N) is 1. The second-order valence-corrected chi connectivity index (χ2v) is 6.07. The van der Waals surface area contributed by atoms with Gasteiger partial charge in [0.05, 0.1) is 9.80 Å². The summed E-state index contributed by atoms with van der Waals surface area (Å²) < 4.78 is 0. The number of amides is 1. The Morgan fingerprint density at radius 2 is 2.00 bits per heavy atom. The van der Waals surface area contributed by atoms with Gasteiger partial charge < -0.3 is 10.4 Å². The first-order valence-corrected chi connectivity index (χ1v) is 6.22. The van der Waals surface area contributed by atoms with Gasteiger partial charge in [0.15, 0.2) is 0 Å². The summed E-state index contributed by atoms with van der Waals surface area (Å²) >= 11 is 0.709. The van der Waals surface area contributed by atoms with Crippen LogP contribution < -0.4 is 5.32 Å². The van der Waals surface area contributed by atoms with Crippen molar-refractivity contribution < 1.29 is 19.6 Å². The summed E-state index contributed by atoms with van der Waals surface area (Å²) in [5, 5.41) is 21.8. The van der Waals surface area contributed by atoms with E-state index in [-0.39, 0.29) is 9.88 Å². The Morgan fingerprint density at radius 1 is 1.42 bits per heavy atom. The van der Waals surface area contributed by atoms with E-state index in [1.165, 1.54) is 12.1 Å². The van der Waals surface area contributed by atoms with Gasteiger partial charge in [-0.25, -0.2) is 4.79 Å². The summed E-state index contributed by atoms with van der Waals surface area (Å²) in [5.41, 5.74) is -0.662. The highest BCUT2D eigenvalue weighted by molar-refractivity contribution is 7.17. The number of nitrogens with zero attached hydrogens (tertiary/aromatic N) is 1. The van der Waals surface area contributed by atoms with Crippen molar-refractivity contribution in [2.75, 3.05) is 0 Å². The van der Waals surface area contributed by atoms with Gasteiger partial charge in [-0.05, 0) is 11.5 Å². The number of carboxylic acid groups (broad SMARTS) is 1. The molecule has 0 aromatic carbocycles. The second kappa shape index (κ2) is 5.35. The lowest BCUT2D eigenvalue weighted by molar-refractivity contribution is -0.380. The Hall–Kier alpha value is -1.96. The van der Waals surface area contributed by atoms with Crippen LogP contribution in [0.5, 0.6) is 0 Å². The van der Waals surface area contributed by atoms with Gasteiger partial charge >= 0.3 is 11.0 Å². The summed E-state index contributed by atoms with van der Waals surface area (Å²) in [5.74, 6) is -1.77. The van der Waals surface area contributed by atoms with Crippen molar-refractivity contribution in [2.45, 2.75) is 26.8 Å². The molecule has 19 heavy (non-hydrogen) atoms. The highest BCUT2D eigenvalue weighted by atomic mass is 32.1. The minimum Gasteiger partial charge on any atom is -0.480 e. The largest absolute Gasteiger partial charge is 0.480 e. The highest BCUT2D eigenvalue weighted by Gasteiger charge is 2.33. The van der Waals surface area contributed by atoms with Crippen LogP contribution in [0.3, 0.4) is 0 Å². The molecule has 1 atom stereocenters. The number of nitro groups is 1. The molecule has 0 aliphatic heterocycles. The van der Waals surface area contributed by atoms with Crippen molar-refractivity contribution in [1.29, 1.82) is 0 Å². The van der Waals surface area contributed by atoms with E-state index in [1.54, 1.807) is 20.8 Å². The summed E-state index contributed by atoms with van der Waals surface area (Å²) in [4.78, 5) is 33.0. The number of hydrogen-bond acceptors (Lipinski definition) is 5. The minimum absolute atomic E-state index is 0.113. The zero-order chi connectivity index (χ0) is 14.8. The number of carbonyl (C=O) groups is 2. The van der Waals surface area contributed by atoms with Crippen molar-refractivity contribution in [3.63, 3.8) is 0 Å². The molecular formula is C11H14N2O5S. The van der Waals surface area contributed by atoms with Crippen LogP contribution in [-0.2, 0) is 4.79 Å². The fourth-order valence-corrected chi connectivity index (χ4v) is 2.12. The zero-order valence-electron chi connectivity index (χ0n) is 10.7. The van der Waals surface area contributed by atoms with E-state index in [4.69, 9.17) is 5.11 Å². The molecule has 1 aromatic rings. The highest BCUT2D eigenvalue weighted by Crippen LogP contribution is 2.25. The predicted molar refractivity (Wildman–Crippen MR) is 69.3 cm³/mol. The topological polar surface area (TPSA) is 110 Å². The zero-order valence-corrected chi connectivity index (χ0v) is 11.5. The maximum atomic E-state index is 11.9. The van der Waals surface area contributed by atoms with E-state index in [2.05, 4.69) is 5.32 Å². The van der Waals surface area contributed by atoms with Gasteiger partial charge in [-0.15, -0.1) is 0 Å². The maximum Gasteiger partial charge on any atom is 0.326 e. The second-order valence-electron chi connectivity index (χ2n) is 5.01. The lowest BCUT2D eigenvalue weighted by Gasteiger charge is -2.27. The maximum absolute atomic E-state index is 11.9. The SMILES string of the molecule is CC(C)(C)C(NC(=O)c1ccc([N+](=O)[O-])s1)C(=O)O. The quantitative estimate of drug-likeness (QED) is 0.648. The van der Waals surface area contributed by atoms with Gasteiger partial charge in [-0.3, -0.25) is 14.9 Å². The Balaban J connectivity index is 2.88. The first-order chi connectivity index (χ1) is 8.62. The molecule has 104 valence electrons. The van der Waals surface area contributed by atoms with Gasteiger partial charge in [0.25, 0.3) is 5.91 Å². The van der Waals surface area contributed by atoms with Crippen LogP contribution in [-0.4, -0.2) is 27.9 Å². The van der Waals surface area contributed by atoms with Crippen LogP contribution in [0.15, 0.2) is 12.1 Å². The fraction of sp³-hybridized carbons (Fsp3) is 0.455. The van der Waals surface area contributed by atoms with Gasteiger partial charge in [0.2, 0.25) is 0 Å². The van der Waals surface area contributed by atoms with Crippen LogP contribution in [0.2, 0.25) is 0 Å². The summed E-state index contributed by atoms with van der Waals surface area (Å²) in [6, 6.07) is 1.45. The van der Waals surface area contributed by atoms with Crippen LogP contribution in [0.25, 0.3) is 0 Å². The molecule has 0 saturated carbocycles. The molecule has 8 heteroatoms. The van der Waals surface area contributed by atoms with Crippen molar-refractivity contribution in [2.24, 2.45) is 5.41 Å². The molecule has 0 aliphatic rings. The van der Waals surface area contributed by atoms with E-state index in [1.807, 2.05) is 0 Å². The number of carbonyl (C=O) groups excluding carboxylic acids is 1. The Labute approximate surface area is 113 Å². The Kier molecular flexibility index (Phi) is 4.25. The molecule has 1 heterocycles. The predicted octanol–water partition coefficient (Wildman–Crippen LogP) is 1.89. The molecular weight excluding hydrogens is 272 g/mol. The average Bonchev–Trinajstić information content (AvgIpc) is 2.72. The first kappa shape index (κ1) is 15.1. The Bertz CT molecular complexity index is 517. The van der Waals surface area contributed by atoms with E-state index in [9.17, 15) is 19.7 Å². The number of hydrogen-bond donors (Lipinski definition) is 2. The summed E-state index contributed by atoms with van der Waals surface area (Å²) in [6.45, 7) is 5.05. The van der Waals surface area contributed by atoms with Gasteiger partial charge in [-0.2, -0.15) is 0 Å². The molecule has 1 aromatic heterocycles. The third kappa shape index (κ3) is 3.75. The first-order valence-electron chi connectivity index (χ1n) is 5.41. The number of aliphatic carboxylic acids is 1. The normalized spacial score (nSPS) is 12.8. The van der Waals surface area contributed by atoms with Crippen LogP contribution in [0, 0.1) is 15.5 Å². The van der Waals surface area contributed by atoms with Crippen molar-refractivity contribution in [3.8, 4) is 0 Å². The van der Waals surface area contributed by atoms with E-state index < -0.39 is 28.3 Å². The molecule has 0 aliphatic carbocycles. The van der Waals surface area contributed by atoms with Gasteiger partial charge in [0, 0.05) is 6.07 Å². The molecule has 7 nitrogen and oxygen atoms in total. The molecule has 1 amide bonds. The molecule has 0 fully saturated rings. The van der Waals surface area contributed by atoms with Crippen LogP contribution >= 0.6 is 11.3 Å². The number of thiophene rings is 1. The monoisotopic (exact) mass is 286 g/mol. The standard InChI is InChI=1S/C11H14N2O5S/c1-11(2,3)8(10(15)16)12-9(14)6-4-5-7(19-6)13(17)18/h4-5,8H,1-3H3,(H,12,14)(H,15,16). The summed E-state index contributed by atoms with van der Waals surface area (Å²) in [7, 11) is 0. The van der Waals surface area contributed by atoms with Crippen LogP contribution in [0.4, 0.5) is 5.00 Å². The van der Waals surface area contributed by atoms with Crippen molar-refractivity contribution in [1.82, 2.24) is 5.32 Å². The summed E-state index contributed by atoms with van der Waals surface area (Å²) in [6.07, 6.45) is 0. The molecule has 0 spiro atoms. The van der Waals surface area contributed by atoms with Gasteiger partial charge in [0.1, 0.15) is 6.04 Å². The van der Waals surface area contributed by atoms with Crippen LogP contribution in [0.1, 0.15) is 30.4 Å².